The molecule has 3 aromatic rings. The fourth-order valence-corrected chi connectivity index (χ4v) is 4.32. The molecule has 0 spiro atoms. The van der Waals surface area contributed by atoms with Crippen molar-refractivity contribution in [2.45, 2.75) is 39.7 Å². The highest BCUT2D eigenvalue weighted by Gasteiger charge is 2.48. The van der Waals surface area contributed by atoms with Gasteiger partial charge in [0, 0.05) is 11.3 Å². The predicted octanol–water partition coefficient (Wildman–Crippen LogP) is 5.79. The van der Waals surface area contributed by atoms with Crippen LogP contribution in [0.3, 0.4) is 0 Å². The summed E-state index contributed by atoms with van der Waals surface area (Å²) in [7, 11) is 1.57. The second-order valence-electron chi connectivity index (χ2n) is 8.66. The number of methoxy groups -OCH3 is 1. The molecule has 2 aromatic carbocycles. The quantitative estimate of drug-likeness (QED) is 0.294. The number of aryl methyl sites for hydroxylation is 2. The summed E-state index contributed by atoms with van der Waals surface area (Å²) in [6.45, 7) is 7.51. The van der Waals surface area contributed by atoms with Crippen molar-refractivity contribution in [2.24, 2.45) is 0 Å². The molecule has 7 heteroatoms. The molecule has 6 nitrogen and oxygen atoms in total. The van der Waals surface area contributed by atoms with Crippen molar-refractivity contribution in [3.05, 3.63) is 88.1 Å². The first-order valence-corrected chi connectivity index (χ1v) is 11.0. The van der Waals surface area contributed by atoms with Gasteiger partial charge in [0.05, 0.1) is 12.7 Å². The zero-order chi connectivity index (χ0) is 24.7. The maximum absolute atomic E-state index is 14.0. The van der Waals surface area contributed by atoms with E-state index in [1.54, 1.807) is 45.2 Å². The molecule has 1 saturated heterocycles. The molecule has 1 fully saturated rings. The van der Waals surface area contributed by atoms with Gasteiger partial charge in [0.15, 0.2) is 0 Å². The number of carbonyl (C=O) groups is 2. The first kappa shape index (κ1) is 23.3. The van der Waals surface area contributed by atoms with Gasteiger partial charge in [-0.3, -0.25) is 14.5 Å². The summed E-state index contributed by atoms with van der Waals surface area (Å²) < 4.78 is 25.3. The van der Waals surface area contributed by atoms with Crippen LogP contribution in [0.4, 0.5) is 10.1 Å². The molecule has 0 saturated carbocycles. The molecule has 176 valence electrons. The lowest BCUT2D eigenvalue weighted by Crippen LogP contribution is -2.29. The fourth-order valence-electron chi connectivity index (χ4n) is 4.32. The predicted molar refractivity (Wildman–Crippen MR) is 126 cm³/mol. The van der Waals surface area contributed by atoms with Gasteiger partial charge in [-0.15, -0.1) is 0 Å². The van der Waals surface area contributed by atoms with Crippen LogP contribution in [0, 0.1) is 19.7 Å². The van der Waals surface area contributed by atoms with E-state index in [1.807, 2.05) is 13.8 Å². The normalized spacial score (nSPS) is 17.6. The number of rotatable bonds is 5. The van der Waals surface area contributed by atoms with Crippen molar-refractivity contribution in [3.8, 4) is 5.75 Å². The molecular formula is C27H26FNO5. The van der Waals surface area contributed by atoms with Crippen LogP contribution in [-0.4, -0.2) is 23.9 Å². The lowest BCUT2D eigenvalue weighted by atomic mass is 9.92. The highest BCUT2D eigenvalue weighted by molar-refractivity contribution is 6.51. The number of amides is 1. The third-order valence-corrected chi connectivity index (χ3v) is 6.02. The molecule has 4 rings (SSSR count). The van der Waals surface area contributed by atoms with Crippen LogP contribution in [0.2, 0.25) is 0 Å². The third kappa shape index (κ3) is 3.87. The molecule has 1 aliphatic heterocycles. The zero-order valence-electron chi connectivity index (χ0n) is 19.7. The number of aliphatic hydroxyl groups excluding tert-OH is 1. The maximum atomic E-state index is 14.0. The molecule has 1 aromatic heterocycles. The van der Waals surface area contributed by atoms with Crippen molar-refractivity contribution in [1.82, 2.24) is 0 Å². The number of ketones is 1. The van der Waals surface area contributed by atoms with Crippen LogP contribution >= 0.6 is 0 Å². The van der Waals surface area contributed by atoms with E-state index in [-0.39, 0.29) is 28.7 Å². The van der Waals surface area contributed by atoms with E-state index >= 15 is 0 Å². The van der Waals surface area contributed by atoms with Gasteiger partial charge in [0.1, 0.15) is 34.9 Å². The number of hydrogen-bond acceptors (Lipinski definition) is 5. The molecule has 2 heterocycles. The molecule has 0 aliphatic carbocycles. The lowest BCUT2D eigenvalue weighted by molar-refractivity contribution is -0.132. The lowest BCUT2D eigenvalue weighted by Gasteiger charge is -2.24. The van der Waals surface area contributed by atoms with Gasteiger partial charge < -0.3 is 14.3 Å². The number of anilines is 1. The SMILES string of the molecule is COc1cc(C)c(/C(O)=C2\C(=O)C(=O)N(c3cccc(F)c3)C2c2ccc(C)o2)cc1C(C)C. The fraction of sp³-hybridized carbons (Fsp3) is 0.259. The van der Waals surface area contributed by atoms with E-state index in [0.29, 0.717) is 22.6 Å². The molecule has 0 radical (unpaired) electrons. The monoisotopic (exact) mass is 463 g/mol. The Morgan fingerprint density at radius 3 is 2.44 bits per heavy atom. The highest BCUT2D eigenvalue weighted by atomic mass is 19.1. The van der Waals surface area contributed by atoms with Crippen LogP contribution in [-0.2, 0) is 9.59 Å². The number of ether oxygens (including phenoxy) is 1. The number of hydrogen-bond donors (Lipinski definition) is 1. The first-order valence-electron chi connectivity index (χ1n) is 11.0. The van der Waals surface area contributed by atoms with Crippen LogP contribution < -0.4 is 9.64 Å². The topological polar surface area (TPSA) is 80.0 Å². The third-order valence-electron chi connectivity index (χ3n) is 6.02. The highest BCUT2D eigenvalue weighted by Crippen LogP contribution is 2.44. The first-order chi connectivity index (χ1) is 16.1. The molecule has 1 unspecified atom stereocenters. The summed E-state index contributed by atoms with van der Waals surface area (Å²) in [5.41, 5.74) is 2.00. The summed E-state index contributed by atoms with van der Waals surface area (Å²) in [5, 5.41) is 11.4. The molecular weight excluding hydrogens is 437 g/mol. The Labute approximate surface area is 197 Å². The number of nitrogens with zero attached hydrogens (tertiary/aromatic N) is 1. The Morgan fingerprint density at radius 2 is 1.85 bits per heavy atom. The van der Waals surface area contributed by atoms with Crippen molar-refractivity contribution in [1.29, 1.82) is 0 Å². The van der Waals surface area contributed by atoms with Gasteiger partial charge in [-0.1, -0.05) is 19.9 Å². The number of carbonyl (C=O) groups excluding carboxylic acids is 2. The number of benzene rings is 2. The Balaban J connectivity index is 1.98. The van der Waals surface area contributed by atoms with Gasteiger partial charge >= 0.3 is 0 Å². The Morgan fingerprint density at radius 1 is 1.12 bits per heavy atom. The zero-order valence-corrected chi connectivity index (χ0v) is 19.7. The Bertz CT molecular complexity index is 1320. The van der Waals surface area contributed by atoms with Crippen molar-refractivity contribution >= 4 is 23.1 Å². The summed E-state index contributed by atoms with van der Waals surface area (Å²) in [5.74, 6) is -1.01. The van der Waals surface area contributed by atoms with Gasteiger partial charge in [-0.2, -0.15) is 0 Å². The van der Waals surface area contributed by atoms with E-state index in [1.165, 1.54) is 24.3 Å². The summed E-state index contributed by atoms with van der Waals surface area (Å²) in [6.07, 6.45) is 0. The Hall–Kier alpha value is -3.87. The molecule has 1 atom stereocenters. The van der Waals surface area contributed by atoms with Crippen LogP contribution in [0.5, 0.6) is 5.75 Å². The van der Waals surface area contributed by atoms with Crippen molar-refractivity contribution in [2.75, 3.05) is 12.0 Å². The molecule has 1 amide bonds. The van der Waals surface area contributed by atoms with Crippen molar-refractivity contribution in [3.63, 3.8) is 0 Å². The molecule has 1 N–H and O–H groups in total. The van der Waals surface area contributed by atoms with Crippen molar-refractivity contribution < 1.29 is 28.2 Å². The minimum atomic E-state index is -1.06. The maximum Gasteiger partial charge on any atom is 0.300 e. The standard InChI is InChI=1S/C27H26FNO5/c1-14(2)19-13-20(15(3)11-22(19)33-5)25(30)23-24(21-10-9-16(4)34-21)29(27(32)26(23)31)18-8-6-7-17(28)12-18/h6-14,24,30H,1-5H3/b25-23+. The molecule has 0 bridgehead atoms. The average molecular weight is 464 g/mol. The van der Waals surface area contributed by atoms with Gasteiger partial charge in [-0.25, -0.2) is 4.39 Å². The molecule has 1 aliphatic rings. The minimum Gasteiger partial charge on any atom is -0.507 e. The number of halogens is 1. The largest absolute Gasteiger partial charge is 0.507 e. The second kappa shape index (κ2) is 8.82. The average Bonchev–Trinajstić information content (AvgIpc) is 3.33. The van der Waals surface area contributed by atoms with E-state index < -0.39 is 23.5 Å². The van der Waals surface area contributed by atoms with Crippen LogP contribution in [0.25, 0.3) is 5.76 Å². The second-order valence-corrected chi connectivity index (χ2v) is 8.66. The summed E-state index contributed by atoms with van der Waals surface area (Å²) >= 11 is 0. The van der Waals surface area contributed by atoms with Crippen LogP contribution in [0.15, 0.2) is 58.5 Å². The smallest absolute Gasteiger partial charge is 0.300 e. The summed E-state index contributed by atoms with van der Waals surface area (Å²) in [6, 6.07) is 11.3. The minimum absolute atomic E-state index is 0.0836. The van der Waals surface area contributed by atoms with E-state index in [4.69, 9.17) is 9.15 Å². The number of aliphatic hydroxyl groups is 1. The Kier molecular flexibility index (Phi) is 6.04. The van der Waals surface area contributed by atoms with Crippen LogP contribution in [0.1, 0.15) is 54.0 Å². The van der Waals surface area contributed by atoms with Gasteiger partial charge in [0.2, 0.25) is 0 Å². The number of Topliss-reactive ketones (excluding diaryl/α,β-unsaturated/α-hetero) is 1. The van der Waals surface area contributed by atoms with Gasteiger partial charge in [0.25, 0.3) is 11.7 Å². The van der Waals surface area contributed by atoms with Gasteiger partial charge in [-0.05, 0) is 73.4 Å². The van der Waals surface area contributed by atoms with E-state index in [2.05, 4.69) is 0 Å². The summed E-state index contributed by atoms with van der Waals surface area (Å²) in [4.78, 5) is 27.6. The van der Waals surface area contributed by atoms with E-state index in [9.17, 15) is 19.1 Å². The number of furan rings is 1. The molecule has 34 heavy (non-hydrogen) atoms. The van der Waals surface area contributed by atoms with E-state index in [0.717, 1.165) is 10.5 Å².